The minimum atomic E-state index is -1.04. The van der Waals surface area contributed by atoms with E-state index in [1.165, 1.54) is 24.3 Å². The summed E-state index contributed by atoms with van der Waals surface area (Å²) in [5.74, 6) is -0.920. The maximum Gasteiger partial charge on any atom is 0.395 e. The number of rotatable bonds is 3. The molecule has 0 aliphatic rings. The Morgan fingerprint density at radius 2 is 2.05 bits per heavy atom. The first-order valence-corrected chi connectivity index (χ1v) is 5.42. The standard InChI is InChI=1S/C12H9N3O5/c16-8-3-1-2-7(6-8)4-5-9-13-11(17)10(15(19)20)12(18)14-9/h1-6,16H,(H2,13,14,17,18). The quantitative estimate of drug-likeness (QED) is 0.571. The highest BCUT2D eigenvalue weighted by molar-refractivity contribution is 5.67. The fourth-order valence-electron chi connectivity index (χ4n) is 1.52. The average molecular weight is 275 g/mol. The molecule has 0 spiro atoms. The van der Waals surface area contributed by atoms with Crippen molar-refractivity contribution in [3.8, 4) is 11.6 Å². The molecule has 0 amide bonds. The molecule has 0 fully saturated rings. The largest absolute Gasteiger partial charge is 0.508 e. The molecule has 20 heavy (non-hydrogen) atoms. The van der Waals surface area contributed by atoms with Crippen LogP contribution in [-0.4, -0.2) is 25.1 Å². The number of H-pyrrole nitrogens is 1. The second-order valence-electron chi connectivity index (χ2n) is 3.81. The normalized spacial score (nSPS) is 10.8. The van der Waals surface area contributed by atoms with Crippen LogP contribution in [0.5, 0.6) is 11.6 Å². The van der Waals surface area contributed by atoms with Crippen molar-refractivity contribution in [3.05, 3.63) is 56.1 Å². The summed E-state index contributed by atoms with van der Waals surface area (Å²) in [7, 11) is 0. The number of aromatic nitrogens is 2. The second kappa shape index (κ2) is 5.22. The smallest absolute Gasteiger partial charge is 0.395 e. The number of hydrogen-bond donors (Lipinski definition) is 3. The van der Waals surface area contributed by atoms with Gasteiger partial charge in [-0.25, -0.2) is 0 Å². The molecule has 102 valence electrons. The maximum absolute atomic E-state index is 11.4. The van der Waals surface area contributed by atoms with E-state index in [2.05, 4.69) is 9.97 Å². The van der Waals surface area contributed by atoms with Gasteiger partial charge in [-0.1, -0.05) is 18.2 Å². The Morgan fingerprint density at radius 1 is 1.30 bits per heavy atom. The first-order chi connectivity index (χ1) is 9.47. The molecule has 2 rings (SSSR count). The summed E-state index contributed by atoms with van der Waals surface area (Å²) in [5.41, 5.74) is -1.41. The van der Waals surface area contributed by atoms with Crippen molar-refractivity contribution >= 4 is 17.8 Å². The van der Waals surface area contributed by atoms with Crippen LogP contribution in [0.15, 0.2) is 29.1 Å². The highest BCUT2D eigenvalue weighted by atomic mass is 16.6. The van der Waals surface area contributed by atoms with E-state index in [1.54, 1.807) is 12.1 Å². The molecule has 0 atom stereocenters. The molecule has 1 heterocycles. The van der Waals surface area contributed by atoms with Gasteiger partial charge in [-0.05, 0) is 23.8 Å². The van der Waals surface area contributed by atoms with E-state index >= 15 is 0 Å². The van der Waals surface area contributed by atoms with Crippen LogP contribution in [0, 0.1) is 10.1 Å². The lowest BCUT2D eigenvalue weighted by Gasteiger charge is -1.97. The van der Waals surface area contributed by atoms with Crippen LogP contribution in [-0.2, 0) is 0 Å². The van der Waals surface area contributed by atoms with Gasteiger partial charge in [-0.2, -0.15) is 4.98 Å². The molecule has 3 N–H and O–H groups in total. The molecule has 0 bridgehead atoms. The number of phenolic OH excluding ortho intramolecular Hbond substituents is 1. The fraction of sp³-hybridized carbons (Fsp3) is 0. The van der Waals surface area contributed by atoms with E-state index in [4.69, 9.17) is 0 Å². The van der Waals surface area contributed by atoms with Gasteiger partial charge in [-0.15, -0.1) is 0 Å². The van der Waals surface area contributed by atoms with Crippen LogP contribution in [0.25, 0.3) is 12.2 Å². The van der Waals surface area contributed by atoms with E-state index in [9.17, 15) is 25.1 Å². The molecule has 0 aliphatic heterocycles. The van der Waals surface area contributed by atoms with Gasteiger partial charge in [0.05, 0.1) is 4.92 Å². The molecule has 1 aromatic carbocycles. The Labute approximate surface area is 111 Å². The van der Waals surface area contributed by atoms with Crippen LogP contribution < -0.4 is 5.56 Å². The van der Waals surface area contributed by atoms with Crippen molar-refractivity contribution < 1.29 is 15.1 Å². The number of nitro groups is 1. The fourth-order valence-corrected chi connectivity index (χ4v) is 1.52. The summed E-state index contributed by atoms with van der Waals surface area (Å²) in [5, 5.41) is 29.1. The van der Waals surface area contributed by atoms with Crippen molar-refractivity contribution in [1.82, 2.24) is 9.97 Å². The van der Waals surface area contributed by atoms with Gasteiger partial charge >= 0.3 is 11.2 Å². The molecule has 8 nitrogen and oxygen atoms in total. The van der Waals surface area contributed by atoms with Crippen LogP contribution in [0.2, 0.25) is 0 Å². The summed E-state index contributed by atoms with van der Waals surface area (Å²) in [6.07, 6.45) is 2.86. The summed E-state index contributed by atoms with van der Waals surface area (Å²) in [6.45, 7) is 0. The lowest BCUT2D eigenvalue weighted by molar-refractivity contribution is -0.387. The number of nitrogens with one attached hydrogen (secondary N) is 1. The number of nitrogens with zero attached hydrogens (tertiary/aromatic N) is 2. The predicted molar refractivity (Wildman–Crippen MR) is 70.2 cm³/mol. The van der Waals surface area contributed by atoms with Crippen molar-refractivity contribution in [3.63, 3.8) is 0 Å². The number of aromatic hydroxyl groups is 2. The van der Waals surface area contributed by atoms with Gasteiger partial charge in [0.2, 0.25) is 0 Å². The number of aromatic amines is 1. The Hall–Kier alpha value is -3.16. The van der Waals surface area contributed by atoms with Gasteiger partial charge in [0.25, 0.3) is 5.88 Å². The lowest BCUT2D eigenvalue weighted by Crippen LogP contribution is -2.14. The van der Waals surface area contributed by atoms with Crippen LogP contribution >= 0.6 is 0 Å². The summed E-state index contributed by atoms with van der Waals surface area (Å²) in [6, 6.07) is 6.28. The van der Waals surface area contributed by atoms with E-state index in [1.807, 2.05) is 0 Å². The molecule has 2 aromatic rings. The minimum Gasteiger partial charge on any atom is -0.508 e. The summed E-state index contributed by atoms with van der Waals surface area (Å²) < 4.78 is 0. The Kier molecular flexibility index (Phi) is 3.47. The van der Waals surface area contributed by atoms with Crippen molar-refractivity contribution in [2.45, 2.75) is 0 Å². The molecule has 8 heteroatoms. The number of phenols is 1. The molecular weight excluding hydrogens is 266 g/mol. The van der Waals surface area contributed by atoms with Crippen molar-refractivity contribution in [2.75, 3.05) is 0 Å². The van der Waals surface area contributed by atoms with Gasteiger partial charge in [-0.3, -0.25) is 14.9 Å². The van der Waals surface area contributed by atoms with Gasteiger partial charge in [0.15, 0.2) is 0 Å². The first-order valence-electron chi connectivity index (χ1n) is 5.42. The highest BCUT2D eigenvalue weighted by Gasteiger charge is 2.21. The number of hydrogen-bond acceptors (Lipinski definition) is 6. The molecule has 0 aliphatic carbocycles. The zero-order valence-electron chi connectivity index (χ0n) is 9.98. The van der Waals surface area contributed by atoms with Crippen molar-refractivity contribution in [1.29, 1.82) is 0 Å². The van der Waals surface area contributed by atoms with Crippen molar-refractivity contribution in [2.24, 2.45) is 0 Å². The Bertz CT molecular complexity index is 751. The van der Waals surface area contributed by atoms with E-state index in [-0.39, 0.29) is 11.6 Å². The minimum absolute atomic E-state index is 0.0403. The molecule has 0 radical (unpaired) electrons. The number of benzene rings is 1. The maximum atomic E-state index is 11.4. The zero-order chi connectivity index (χ0) is 14.7. The second-order valence-corrected chi connectivity index (χ2v) is 3.81. The Balaban J connectivity index is 2.36. The molecular formula is C12H9N3O5. The Morgan fingerprint density at radius 3 is 2.65 bits per heavy atom. The topological polar surface area (TPSA) is 129 Å². The van der Waals surface area contributed by atoms with Gasteiger partial charge in [0.1, 0.15) is 11.6 Å². The van der Waals surface area contributed by atoms with Gasteiger partial charge in [0, 0.05) is 0 Å². The molecule has 0 unspecified atom stereocenters. The molecule has 1 aromatic heterocycles. The van der Waals surface area contributed by atoms with Gasteiger partial charge < -0.3 is 15.2 Å². The van der Waals surface area contributed by atoms with E-state index in [0.29, 0.717) is 5.56 Å². The third-order valence-electron chi connectivity index (χ3n) is 2.38. The average Bonchev–Trinajstić information content (AvgIpc) is 2.35. The summed E-state index contributed by atoms with van der Waals surface area (Å²) in [4.78, 5) is 26.6. The first kappa shape index (κ1) is 13.3. The SMILES string of the molecule is O=c1[nH]c(C=Cc2cccc(O)c2)nc(O)c1[N+](=O)[O-]. The monoisotopic (exact) mass is 275 g/mol. The van der Waals surface area contributed by atoms with Crippen LogP contribution in [0.4, 0.5) is 5.69 Å². The zero-order valence-corrected chi connectivity index (χ0v) is 9.98. The molecule has 0 saturated carbocycles. The lowest BCUT2D eigenvalue weighted by atomic mass is 10.2. The molecule has 0 saturated heterocycles. The van der Waals surface area contributed by atoms with E-state index < -0.39 is 22.0 Å². The third kappa shape index (κ3) is 2.80. The summed E-state index contributed by atoms with van der Waals surface area (Å²) >= 11 is 0. The predicted octanol–water partition coefficient (Wildman–Crippen LogP) is 1.26. The highest BCUT2D eigenvalue weighted by Crippen LogP contribution is 2.18. The third-order valence-corrected chi connectivity index (χ3v) is 2.38. The van der Waals surface area contributed by atoms with Crippen LogP contribution in [0.3, 0.4) is 0 Å². The van der Waals surface area contributed by atoms with Crippen LogP contribution in [0.1, 0.15) is 11.4 Å². The van der Waals surface area contributed by atoms with E-state index in [0.717, 1.165) is 0 Å².